The summed E-state index contributed by atoms with van der Waals surface area (Å²) in [5.41, 5.74) is 2.50. The van der Waals surface area contributed by atoms with Crippen molar-refractivity contribution >= 4 is 30.7 Å². The van der Waals surface area contributed by atoms with Crippen molar-refractivity contribution in [2.75, 3.05) is 38.2 Å². The Hall–Kier alpha value is -2.94. The van der Waals surface area contributed by atoms with E-state index in [1.165, 1.54) is 6.07 Å². The van der Waals surface area contributed by atoms with Gasteiger partial charge in [0.05, 0.1) is 18.9 Å². The number of hydrogen-bond donors (Lipinski definition) is 1. The molecule has 0 radical (unpaired) electrons. The molecule has 0 spiro atoms. The number of halogens is 1. The van der Waals surface area contributed by atoms with Gasteiger partial charge in [-0.3, -0.25) is 4.79 Å². The van der Waals surface area contributed by atoms with Crippen molar-refractivity contribution in [1.29, 1.82) is 0 Å². The Kier molecular flexibility index (Phi) is 5.25. The van der Waals surface area contributed by atoms with Crippen molar-refractivity contribution < 1.29 is 13.9 Å². The van der Waals surface area contributed by atoms with E-state index >= 15 is 0 Å². The van der Waals surface area contributed by atoms with Gasteiger partial charge in [-0.1, -0.05) is 12.1 Å². The monoisotopic (exact) mass is 381 g/mol. The zero-order valence-corrected chi connectivity index (χ0v) is 15.7. The minimum absolute atomic E-state index is 0.0899. The van der Waals surface area contributed by atoms with E-state index in [1.807, 2.05) is 12.7 Å². The number of ether oxygens (including phenoxy) is 1. The molecule has 28 heavy (non-hydrogen) atoms. The van der Waals surface area contributed by atoms with Crippen molar-refractivity contribution in [2.24, 2.45) is 0 Å². The van der Waals surface area contributed by atoms with Crippen LogP contribution in [0.2, 0.25) is 0 Å². The number of rotatable bonds is 5. The fraction of sp³-hybridized carbons (Fsp3) is 0.316. The van der Waals surface area contributed by atoms with E-state index < -0.39 is 0 Å². The van der Waals surface area contributed by atoms with Crippen molar-refractivity contribution in [2.45, 2.75) is 6.42 Å². The highest BCUT2D eigenvalue weighted by Crippen LogP contribution is 2.24. The van der Waals surface area contributed by atoms with Crippen LogP contribution in [0.15, 0.2) is 36.5 Å². The van der Waals surface area contributed by atoms with E-state index in [0.29, 0.717) is 62.0 Å². The predicted octanol–water partition coefficient (Wildman–Crippen LogP) is 0.455. The lowest BCUT2D eigenvalue weighted by atomic mass is 10.0. The van der Waals surface area contributed by atoms with Crippen LogP contribution in [0.3, 0.4) is 0 Å². The molecule has 1 aromatic carbocycles. The molecule has 1 aliphatic rings. The molecule has 0 bridgehead atoms. The number of hydrogen-bond acceptors (Lipinski definition) is 5. The van der Waals surface area contributed by atoms with Gasteiger partial charge >= 0.3 is 0 Å². The molecule has 0 saturated carbocycles. The number of morpholine rings is 1. The second kappa shape index (κ2) is 7.98. The largest absolute Gasteiger partial charge is 0.378 e. The number of fused-ring (bicyclic) bond motifs is 1. The van der Waals surface area contributed by atoms with Crippen LogP contribution in [-0.4, -0.2) is 66.1 Å². The number of benzene rings is 1. The summed E-state index contributed by atoms with van der Waals surface area (Å²) in [6.45, 7) is 2.89. The standard InChI is InChI=1S/C19H21BFN5O2/c20-14-12-23-26-17(22-6-5-18(27)25-7-9-28-10-8-25)11-16(24-19(14)26)13-3-1-2-4-15(13)21/h1-4,11-12,22H,5-10,20H2. The van der Waals surface area contributed by atoms with Gasteiger partial charge < -0.3 is 15.0 Å². The molecule has 1 saturated heterocycles. The van der Waals surface area contributed by atoms with Crippen LogP contribution in [0.25, 0.3) is 16.9 Å². The van der Waals surface area contributed by atoms with Crippen molar-refractivity contribution in [3.8, 4) is 11.3 Å². The van der Waals surface area contributed by atoms with Crippen LogP contribution in [-0.2, 0) is 9.53 Å². The number of aromatic nitrogens is 3. The van der Waals surface area contributed by atoms with E-state index in [2.05, 4.69) is 15.4 Å². The van der Waals surface area contributed by atoms with Crippen molar-refractivity contribution in [3.05, 3.63) is 42.3 Å². The third kappa shape index (κ3) is 3.70. The lowest BCUT2D eigenvalue weighted by Crippen LogP contribution is -2.41. The van der Waals surface area contributed by atoms with E-state index in [0.717, 1.165) is 5.46 Å². The van der Waals surface area contributed by atoms with E-state index in [-0.39, 0.29) is 11.7 Å². The quantitative estimate of drug-likeness (QED) is 0.650. The number of amides is 1. The van der Waals surface area contributed by atoms with E-state index in [4.69, 9.17) is 4.74 Å². The summed E-state index contributed by atoms with van der Waals surface area (Å²) in [4.78, 5) is 18.7. The maximum atomic E-state index is 14.3. The first-order chi connectivity index (χ1) is 13.6. The molecule has 1 amide bonds. The van der Waals surface area contributed by atoms with Gasteiger partial charge in [0.25, 0.3) is 0 Å². The maximum Gasteiger partial charge on any atom is 0.224 e. The predicted molar refractivity (Wildman–Crippen MR) is 107 cm³/mol. The van der Waals surface area contributed by atoms with Gasteiger partial charge in [-0.05, 0) is 17.6 Å². The summed E-state index contributed by atoms with van der Waals surface area (Å²) in [5.74, 6) is 0.433. The van der Waals surface area contributed by atoms with Crippen molar-refractivity contribution in [3.63, 3.8) is 0 Å². The third-order valence-electron chi connectivity index (χ3n) is 4.81. The Labute approximate surface area is 162 Å². The molecule has 3 heterocycles. The molecule has 1 N–H and O–H groups in total. The summed E-state index contributed by atoms with van der Waals surface area (Å²) in [5, 5.41) is 7.61. The molecule has 0 atom stereocenters. The highest BCUT2D eigenvalue weighted by molar-refractivity contribution is 6.36. The molecule has 2 aromatic heterocycles. The average Bonchev–Trinajstić information content (AvgIpc) is 3.10. The maximum absolute atomic E-state index is 14.3. The Bertz CT molecular complexity index is 1000. The van der Waals surface area contributed by atoms with Gasteiger partial charge in [-0.25, -0.2) is 9.37 Å². The number of anilines is 1. The SMILES string of the molecule is Bc1cnn2c(NCCC(=O)N3CCOCC3)cc(-c3ccccc3F)nc12. The van der Waals surface area contributed by atoms with Gasteiger partial charge in [-0.15, -0.1) is 0 Å². The molecule has 144 valence electrons. The van der Waals surface area contributed by atoms with Crippen LogP contribution in [0, 0.1) is 5.82 Å². The second-order valence-corrected chi connectivity index (χ2v) is 6.74. The number of carbonyl (C=O) groups is 1. The van der Waals surface area contributed by atoms with Crippen molar-refractivity contribution in [1.82, 2.24) is 19.5 Å². The summed E-state index contributed by atoms with van der Waals surface area (Å²) in [6.07, 6.45) is 2.08. The molecular weight excluding hydrogens is 360 g/mol. The van der Waals surface area contributed by atoms with Gasteiger partial charge in [0.2, 0.25) is 5.91 Å². The first kappa shape index (κ1) is 18.4. The summed E-state index contributed by atoms with van der Waals surface area (Å²) >= 11 is 0. The van der Waals surface area contributed by atoms with Crippen LogP contribution in [0.1, 0.15) is 6.42 Å². The molecule has 1 fully saturated rings. The Morgan fingerprint density at radius 2 is 2.07 bits per heavy atom. The zero-order chi connectivity index (χ0) is 19.5. The highest BCUT2D eigenvalue weighted by atomic mass is 19.1. The van der Waals surface area contributed by atoms with Gasteiger partial charge in [0, 0.05) is 43.9 Å². The molecule has 7 nitrogen and oxygen atoms in total. The minimum Gasteiger partial charge on any atom is -0.378 e. The van der Waals surface area contributed by atoms with Gasteiger partial charge in [0.1, 0.15) is 19.5 Å². The molecule has 0 unspecified atom stereocenters. The highest BCUT2D eigenvalue weighted by Gasteiger charge is 2.17. The van der Waals surface area contributed by atoms with Crippen LogP contribution in [0.4, 0.5) is 10.2 Å². The van der Waals surface area contributed by atoms with E-state index in [1.54, 1.807) is 35.0 Å². The van der Waals surface area contributed by atoms with Gasteiger partial charge in [-0.2, -0.15) is 9.61 Å². The number of nitrogens with one attached hydrogen (secondary N) is 1. The second-order valence-electron chi connectivity index (χ2n) is 6.74. The molecular formula is C19H21BFN5O2. The topological polar surface area (TPSA) is 71.8 Å². The molecule has 3 aromatic rings. The van der Waals surface area contributed by atoms with Crippen LogP contribution in [0.5, 0.6) is 0 Å². The summed E-state index contributed by atoms with van der Waals surface area (Å²) in [7, 11) is 1.91. The fourth-order valence-electron chi connectivity index (χ4n) is 3.27. The number of carbonyl (C=O) groups excluding carboxylic acids is 1. The lowest BCUT2D eigenvalue weighted by Gasteiger charge is -2.26. The number of nitrogens with zero attached hydrogens (tertiary/aromatic N) is 4. The molecule has 9 heteroatoms. The Morgan fingerprint density at radius 1 is 1.29 bits per heavy atom. The van der Waals surface area contributed by atoms with Crippen LogP contribution >= 0.6 is 0 Å². The molecule has 1 aliphatic heterocycles. The average molecular weight is 381 g/mol. The first-order valence-electron chi connectivity index (χ1n) is 9.33. The fourth-order valence-corrected chi connectivity index (χ4v) is 3.27. The minimum atomic E-state index is -0.329. The smallest absolute Gasteiger partial charge is 0.224 e. The molecule has 4 rings (SSSR count). The van der Waals surface area contributed by atoms with Gasteiger partial charge in [0.15, 0.2) is 5.65 Å². The third-order valence-corrected chi connectivity index (χ3v) is 4.81. The lowest BCUT2D eigenvalue weighted by molar-refractivity contribution is -0.134. The zero-order valence-electron chi connectivity index (χ0n) is 15.7. The Balaban J connectivity index is 1.56. The normalized spacial score (nSPS) is 14.4. The Morgan fingerprint density at radius 3 is 2.86 bits per heavy atom. The summed E-state index contributed by atoms with van der Waals surface area (Å²) in [6, 6.07) is 8.31. The first-order valence-corrected chi connectivity index (χ1v) is 9.33. The molecule has 0 aliphatic carbocycles. The summed E-state index contributed by atoms with van der Waals surface area (Å²) < 4.78 is 21.2. The van der Waals surface area contributed by atoms with E-state index in [9.17, 15) is 9.18 Å². The van der Waals surface area contributed by atoms with Crippen LogP contribution < -0.4 is 10.8 Å².